The summed E-state index contributed by atoms with van der Waals surface area (Å²) in [6.07, 6.45) is 0. The number of amides is 1. The van der Waals surface area contributed by atoms with E-state index in [1.807, 2.05) is 18.7 Å². The molecule has 0 saturated heterocycles. The fraction of sp³-hybridized carbons (Fsp3) is 0.417. The zero-order valence-corrected chi connectivity index (χ0v) is 10.2. The summed E-state index contributed by atoms with van der Waals surface area (Å²) in [5.74, 6) is -0.212. The van der Waals surface area contributed by atoms with Crippen molar-refractivity contribution in [3.8, 4) is 5.75 Å². The second-order valence-electron chi connectivity index (χ2n) is 4.35. The highest BCUT2D eigenvalue weighted by molar-refractivity contribution is 5.76. The Hall–Kier alpha value is -1.75. The number of carbonyl (C=O) groups excluding carboxylic acids is 1. The van der Waals surface area contributed by atoms with Crippen LogP contribution in [0.25, 0.3) is 0 Å². The molecule has 0 aliphatic carbocycles. The van der Waals surface area contributed by atoms with Crippen molar-refractivity contribution >= 4 is 11.6 Å². The highest BCUT2D eigenvalue weighted by atomic mass is 16.3. The Bertz CT molecular complexity index is 405. The lowest BCUT2D eigenvalue weighted by Crippen LogP contribution is -2.37. The van der Waals surface area contributed by atoms with E-state index < -0.39 is 0 Å². The van der Waals surface area contributed by atoms with Crippen molar-refractivity contribution in [1.29, 1.82) is 0 Å². The first kappa shape index (κ1) is 13.3. The number of hydrogen-bond acceptors (Lipinski definition) is 4. The van der Waals surface area contributed by atoms with Crippen LogP contribution in [0.5, 0.6) is 5.75 Å². The molecule has 0 aromatic heterocycles. The summed E-state index contributed by atoms with van der Waals surface area (Å²) in [4.78, 5) is 12.8. The van der Waals surface area contributed by atoms with E-state index in [-0.39, 0.29) is 24.2 Å². The summed E-state index contributed by atoms with van der Waals surface area (Å²) in [6, 6.07) is 5.04. The van der Waals surface area contributed by atoms with Gasteiger partial charge in [-0.25, -0.2) is 0 Å². The molecule has 0 heterocycles. The molecule has 0 radical (unpaired) electrons. The van der Waals surface area contributed by atoms with Gasteiger partial charge in [0.05, 0.1) is 6.54 Å². The number of benzene rings is 1. The molecule has 1 aromatic carbocycles. The van der Waals surface area contributed by atoms with Crippen LogP contribution in [0.15, 0.2) is 18.2 Å². The average Bonchev–Trinajstić information content (AvgIpc) is 2.21. The Balaban J connectivity index is 2.85. The average molecular weight is 237 g/mol. The Kier molecular flexibility index (Phi) is 4.34. The van der Waals surface area contributed by atoms with E-state index >= 15 is 0 Å². The van der Waals surface area contributed by atoms with Gasteiger partial charge in [0, 0.05) is 23.8 Å². The van der Waals surface area contributed by atoms with Crippen molar-refractivity contribution < 1.29 is 9.90 Å². The van der Waals surface area contributed by atoms with Gasteiger partial charge >= 0.3 is 0 Å². The first-order valence-corrected chi connectivity index (χ1v) is 5.50. The minimum atomic E-state index is -0.387. The zero-order valence-electron chi connectivity index (χ0n) is 10.2. The maximum atomic E-state index is 10.9. The number of hydrogen-bond donors (Lipinski definition) is 3. The van der Waals surface area contributed by atoms with Crippen LogP contribution >= 0.6 is 0 Å². The highest BCUT2D eigenvalue weighted by Gasteiger charge is 2.14. The van der Waals surface area contributed by atoms with Gasteiger partial charge in [0.25, 0.3) is 0 Å². The standard InChI is InChI=1S/C12H19N3O2/c1-8(2)15(7-12(14)17)6-9-5-10(13)3-4-11(9)16/h3-5,8,16H,6-7,13H2,1-2H3,(H2,14,17). The molecule has 0 aliphatic heterocycles. The maximum absolute atomic E-state index is 10.9. The summed E-state index contributed by atoms with van der Waals surface area (Å²) in [5, 5.41) is 9.70. The number of nitrogen functional groups attached to an aromatic ring is 1. The van der Waals surface area contributed by atoms with Crippen molar-refractivity contribution in [1.82, 2.24) is 4.90 Å². The molecule has 5 N–H and O–H groups in total. The molecule has 5 nitrogen and oxygen atoms in total. The minimum Gasteiger partial charge on any atom is -0.508 e. The molecule has 1 rings (SSSR count). The molecule has 94 valence electrons. The molecule has 1 amide bonds. The van der Waals surface area contributed by atoms with E-state index in [0.29, 0.717) is 17.8 Å². The number of aromatic hydroxyl groups is 1. The molecule has 0 fully saturated rings. The lowest BCUT2D eigenvalue weighted by molar-refractivity contribution is -0.119. The van der Waals surface area contributed by atoms with Gasteiger partial charge in [-0.1, -0.05) is 0 Å². The Labute approximate surface area is 101 Å². The molecular formula is C12H19N3O2. The quantitative estimate of drug-likeness (QED) is 0.518. The topological polar surface area (TPSA) is 92.6 Å². The Morgan fingerprint density at radius 3 is 2.65 bits per heavy atom. The van der Waals surface area contributed by atoms with Gasteiger partial charge in [0.2, 0.25) is 5.91 Å². The van der Waals surface area contributed by atoms with Crippen LogP contribution in [0.3, 0.4) is 0 Å². The van der Waals surface area contributed by atoms with Crippen LogP contribution in [-0.4, -0.2) is 28.5 Å². The lowest BCUT2D eigenvalue weighted by Gasteiger charge is -2.25. The van der Waals surface area contributed by atoms with Crippen LogP contribution < -0.4 is 11.5 Å². The minimum absolute atomic E-state index is 0.156. The second-order valence-corrected chi connectivity index (χ2v) is 4.35. The van der Waals surface area contributed by atoms with Gasteiger partial charge in [0.1, 0.15) is 5.75 Å². The van der Waals surface area contributed by atoms with Gasteiger partial charge < -0.3 is 16.6 Å². The van der Waals surface area contributed by atoms with E-state index in [4.69, 9.17) is 11.5 Å². The van der Waals surface area contributed by atoms with Gasteiger partial charge in [-0.15, -0.1) is 0 Å². The molecular weight excluding hydrogens is 218 g/mol. The summed E-state index contributed by atoms with van der Waals surface area (Å²) in [7, 11) is 0. The van der Waals surface area contributed by atoms with Crippen molar-refractivity contribution in [3.63, 3.8) is 0 Å². The van der Waals surface area contributed by atoms with E-state index in [0.717, 1.165) is 0 Å². The molecule has 0 saturated carbocycles. The third kappa shape index (κ3) is 3.96. The molecule has 0 spiro atoms. The number of anilines is 1. The number of primary amides is 1. The second kappa shape index (κ2) is 5.54. The van der Waals surface area contributed by atoms with E-state index in [9.17, 15) is 9.90 Å². The van der Waals surface area contributed by atoms with Crippen molar-refractivity contribution in [2.24, 2.45) is 5.73 Å². The smallest absolute Gasteiger partial charge is 0.231 e. The first-order valence-electron chi connectivity index (χ1n) is 5.50. The third-order valence-corrected chi connectivity index (χ3v) is 2.57. The fourth-order valence-electron chi connectivity index (χ4n) is 1.57. The molecule has 5 heteroatoms. The van der Waals surface area contributed by atoms with Crippen LogP contribution in [-0.2, 0) is 11.3 Å². The molecule has 1 aromatic rings. The van der Waals surface area contributed by atoms with E-state index in [2.05, 4.69) is 0 Å². The van der Waals surface area contributed by atoms with Gasteiger partial charge in [0.15, 0.2) is 0 Å². The van der Waals surface area contributed by atoms with E-state index in [1.54, 1.807) is 18.2 Å². The van der Waals surface area contributed by atoms with Crippen LogP contribution in [0, 0.1) is 0 Å². The third-order valence-electron chi connectivity index (χ3n) is 2.57. The predicted molar refractivity (Wildman–Crippen MR) is 67.3 cm³/mol. The van der Waals surface area contributed by atoms with Crippen molar-refractivity contribution in [3.05, 3.63) is 23.8 Å². The number of carbonyl (C=O) groups is 1. The molecule has 0 atom stereocenters. The Morgan fingerprint density at radius 1 is 1.47 bits per heavy atom. The largest absolute Gasteiger partial charge is 0.508 e. The molecule has 0 bridgehead atoms. The lowest BCUT2D eigenvalue weighted by atomic mass is 10.1. The SMILES string of the molecule is CC(C)N(CC(N)=O)Cc1cc(N)ccc1O. The first-order chi connectivity index (χ1) is 7.90. The van der Waals surface area contributed by atoms with Gasteiger partial charge in [-0.2, -0.15) is 0 Å². The summed E-state index contributed by atoms with van der Waals surface area (Å²) in [5.41, 5.74) is 12.1. The normalized spacial score (nSPS) is 11.1. The zero-order chi connectivity index (χ0) is 13.0. The highest BCUT2D eigenvalue weighted by Crippen LogP contribution is 2.22. The van der Waals surface area contributed by atoms with Gasteiger partial charge in [-0.05, 0) is 32.0 Å². The Morgan fingerprint density at radius 2 is 2.12 bits per heavy atom. The summed E-state index contributed by atoms with van der Waals surface area (Å²) in [6.45, 7) is 4.53. The monoisotopic (exact) mass is 237 g/mol. The van der Waals surface area contributed by atoms with E-state index in [1.165, 1.54) is 0 Å². The van der Waals surface area contributed by atoms with Crippen LogP contribution in [0.1, 0.15) is 19.4 Å². The van der Waals surface area contributed by atoms with Crippen molar-refractivity contribution in [2.75, 3.05) is 12.3 Å². The fourth-order valence-corrected chi connectivity index (χ4v) is 1.57. The number of nitrogens with two attached hydrogens (primary N) is 2. The van der Waals surface area contributed by atoms with Crippen molar-refractivity contribution in [2.45, 2.75) is 26.4 Å². The summed E-state index contributed by atoms with van der Waals surface area (Å²) < 4.78 is 0. The number of nitrogens with zero attached hydrogens (tertiary/aromatic N) is 1. The molecule has 0 unspecified atom stereocenters. The number of rotatable bonds is 5. The van der Waals surface area contributed by atoms with Gasteiger partial charge in [-0.3, -0.25) is 9.69 Å². The number of phenols is 1. The van der Waals surface area contributed by atoms with Crippen LogP contribution in [0.4, 0.5) is 5.69 Å². The molecule has 0 aliphatic rings. The summed E-state index contributed by atoms with van der Waals surface area (Å²) >= 11 is 0. The number of phenolic OH excluding ortho intramolecular Hbond substituents is 1. The van der Waals surface area contributed by atoms with Crippen LogP contribution in [0.2, 0.25) is 0 Å². The predicted octanol–water partition coefficient (Wildman–Crippen LogP) is 0.670. The molecule has 17 heavy (non-hydrogen) atoms. The maximum Gasteiger partial charge on any atom is 0.231 e.